The number of nitrogens with two attached hydrogens (primary N) is 1. The van der Waals surface area contributed by atoms with E-state index < -0.39 is 6.10 Å². The molecular formula is C17H27ClN2O3. The van der Waals surface area contributed by atoms with Crippen LogP contribution in [0.3, 0.4) is 0 Å². The molecule has 5 nitrogen and oxygen atoms in total. The Balaban J connectivity index is 0.00000264. The van der Waals surface area contributed by atoms with Crippen molar-refractivity contribution in [3.63, 3.8) is 0 Å². The second kappa shape index (κ2) is 9.63. The Hall–Kier alpha value is -1.46. The first-order valence-corrected chi connectivity index (χ1v) is 7.95. The van der Waals surface area contributed by atoms with Crippen LogP contribution in [0.25, 0.3) is 0 Å². The summed E-state index contributed by atoms with van der Waals surface area (Å²) in [6, 6.07) is 7.39. The van der Waals surface area contributed by atoms with E-state index in [2.05, 4.69) is 5.32 Å². The summed E-state index contributed by atoms with van der Waals surface area (Å²) in [6.07, 6.45) is 3.91. The molecule has 3 unspecified atom stereocenters. The second-order valence-corrected chi connectivity index (χ2v) is 5.83. The molecule has 1 amide bonds. The van der Waals surface area contributed by atoms with Gasteiger partial charge in [0.2, 0.25) is 0 Å². The number of carbonyl (C=O) groups is 1. The summed E-state index contributed by atoms with van der Waals surface area (Å²) in [5, 5.41) is 3.09. The Kier molecular flexibility index (Phi) is 8.20. The molecule has 1 saturated carbocycles. The summed E-state index contributed by atoms with van der Waals surface area (Å²) in [7, 11) is 1.62. The van der Waals surface area contributed by atoms with Gasteiger partial charge in [-0.15, -0.1) is 12.4 Å². The predicted octanol–water partition coefficient (Wildman–Crippen LogP) is 2.52. The van der Waals surface area contributed by atoms with Gasteiger partial charge >= 0.3 is 0 Å². The minimum atomic E-state index is -0.534. The van der Waals surface area contributed by atoms with Gasteiger partial charge in [-0.3, -0.25) is 4.79 Å². The highest BCUT2D eigenvalue weighted by Crippen LogP contribution is 2.24. The fourth-order valence-corrected chi connectivity index (χ4v) is 2.89. The van der Waals surface area contributed by atoms with Crippen molar-refractivity contribution in [1.82, 2.24) is 5.32 Å². The number of amides is 1. The van der Waals surface area contributed by atoms with E-state index in [1.807, 2.05) is 12.1 Å². The largest absolute Gasteiger partial charge is 0.497 e. The Morgan fingerprint density at radius 1 is 1.26 bits per heavy atom. The summed E-state index contributed by atoms with van der Waals surface area (Å²) in [5.41, 5.74) is 5.80. The number of rotatable bonds is 6. The number of carbonyl (C=O) groups excluding carboxylic acids is 1. The Morgan fingerprint density at radius 3 is 2.48 bits per heavy atom. The summed E-state index contributed by atoms with van der Waals surface area (Å²) in [5.74, 6) is 1.71. The average molecular weight is 343 g/mol. The summed E-state index contributed by atoms with van der Waals surface area (Å²) in [4.78, 5) is 12.3. The Bertz CT molecular complexity index is 481. The molecule has 1 aromatic rings. The van der Waals surface area contributed by atoms with E-state index >= 15 is 0 Å². The maximum Gasteiger partial charge on any atom is 0.261 e. The van der Waals surface area contributed by atoms with Gasteiger partial charge in [-0.1, -0.05) is 12.8 Å². The van der Waals surface area contributed by atoms with E-state index in [9.17, 15) is 4.79 Å². The first-order chi connectivity index (χ1) is 10.6. The molecule has 3 atom stereocenters. The Labute approximate surface area is 144 Å². The molecule has 1 fully saturated rings. The van der Waals surface area contributed by atoms with Crippen molar-refractivity contribution in [2.45, 2.75) is 44.8 Å². The SMILES string of the molecule is COc1ccc(OC(C)C(=O)NC2CCCCC2CN)cc1.Cl. The first-order valence-electron chi connectivity index (χ1n) is 7.95. The minimum absolute atomic E-state index is 0. The third kappa shape index (κ3) is 5.59. The normalized spacial score (nSPS) is 21.7. The lowest BCUT2D eigenvalue weighted by Crippen LogP contribution is -2.48. The van der Waals surface area contributed by atoms with E-state index in [0.29, 0.717) is 18.2 Å². The molecule has 0 aliphatic heterocycles. The van der Waals surface area contributed by atoms with Crippen LogP contribution in [0, 0.1) is 5.92 Å². The summed E-state index contributed by atoms with van der Waals surface area (Å²) in [6.45, 7) is 2.39. The van der Waals surface area contributed by atoms with E-state index in [-0.39, 0.29) is 24.4 Å². The van der Waals surface area contributed by atoms with Gasteiger partial charge in [0.25, 0.3) is 5.91 Å². The van der Waals surface area contributed by atoms with E-state index in [1.165, 1.54) is 6.42 Å². The molecule has 0 heterocycles. The zero-order valence-corrected chi connectivity index (χ0v) is 14.6. The molecule has 3 N–H and O–H groups in total. The lowest BCUT2D eigenvalue weighted by atomic mass is 9.84. The fourth-order valence-electron chi connectivity index (χ4n) is 2.89. The van der Waals surface area contributed by atoms with Crippen LogP contribution in [0.2, 0.25) is 0 Å². The van der Waals surface area contributed by atoms with Gasteiger partial charge in [0.1, 0.15) is 11.5 Å². The molecule has 1 aliphatic rings. The number of hydrogen-bond acceptors (Lipinski definition) is 4. The molecule has 0 aromatic heterocycles. The molecule has 0 saturated heterocycles. The van der Waals surface area contributed by atoms with E-state index in [1.54, 1.807) is 26.2 Å². The van der Waals surface area contributed by atoms with Crippen molar-refractivity contribution in [1.29, 1.82) is 0 Å². The minimum Gasteiger partial charge on any atom is -0.497 e. The van der Waals surface area contributed by atoms with Crippen LogP contribution >= 0.6 is 12.4 Å². The monoisotopic (exact) mass is 342 g/mol. The van der Waals surface area contributed by atoms with Crippen LogP contribution < -0.4 is 20.5 Å². The molecule has 1 aliphatic carbocycles. The second-order valence-electron chi connectivity index (χ2n) is 5.83. The van der Waals surface area contributed by atoms with Gasteiger partial charge in [0, 0.05) is 6.04 Å². The van der Waals surface area contributed by atoms with Gasteiger partial charge in [-0.05, 0) is 56.5 Å². The van der Waals surface area contributed by atoms with Gasteiger partial charge in [-0.2, -0.15) is 0 Å². The molecule has 23 heavy (non-hydrogen) atoms. The van der Waals surface area contributed by atoms with Crippen molar-refractivity contribution in [3.05, 3.63) is 24.3 Å². The van der Waals surface area contributed by atoms with Crippen molar-refractivity contribution < 1.29 is 14.3 Å². The highest BCUT2D eigenvalue weighted by Gasteiger charge is 2.27. The number of nitrogens with one attached hydrogen (secondary N) is 1. The third-order valence-electron chi connectivity index (χ3n) is 4.28. The third-order valence-corrected chi connectivity index (χ3v) is 4.28. The predicted molar refractivity (Wildman–Crippen MR) is 93.3 cm³/mol. The van der Waals surface area contributed by atoms with Gasteiger partial charge < -0.3 is 20.5 Å². The first kappa shape index (κ1) is 19.6. The van der Waals surface area contributed by atoms with Gasteiger partial charge in [-0.25, -0.2) is 0 Å². The molecule has 1 aromatic carbocycles. The number of ether oxygens (including phenoxy) is 2. The van der Waals surface area contributed by atoms with Gasteiger partial charge in [0.05, 0.1) is 7.11 Å². The molecule has 2 rings (SSSR count). The van der Waals surface area contributed by atoms with Crippen LogP contribution in [-0.2, 0) is 4.79 Å². The molecular weight excluding hydrogens is 316 g/mol. The average Bonchev–Trinajstić information content (AvgIpc) is 2.56. The number of benzene rings is 1. The van der Waals surface area contributed by atoms with Gasteiger partial charge in [0.15, 0.2) is 6.10 Å². The van der Waals surface area contributed by atoms with Crippen molar-refractivity contribution in [3.8, 4) is 11.5 Å². The molecule has 0 bridgehead atoms. The highest BCUT2D eigenvalue weighted by atomic mass is 35.5. The van der Waals surface area contributed by atoms with Crippen LogP contribution in [0.4, 0.5) is 0 Å². The van der Waals surface area contributed by atoms with Crippen LogP contribution in [-0.4, -0.2) is 31.7 Å². The quantitative estimate of drug-likeness (QED) is 0.833. The highest BCUT2D eigenvalue weighted by molar-refractivity contribution is 5.85. The zero-order chi connectivity index (χ0) is 15.9. The molecule has 6 heteroatoms. The fraction of sp³-hybridized carbons (Fsp3) is 0.588. The standard InChI is InChI=1S/C17H26N2O3.ClH/c1-12(22-15-9-7-14(21-2)8-10-15)17(20)19-16-6-4-3-5-13(16)11-18;/h7-10,12-13,16H,3-6,11,18H2,1-2H3,(H,19,20);1H. The summed E-state index contributed by atoms with van der Waals surface area (Å²) >= 11 is 0. The van der Waals surface area contributed by atoms with E-state index in [4.69, 9.17) is 15.2 Å². The van der Waals surface area contributed by atoms with Crippen LogP contribution in [0.15, 0.2) is 24.3 Å². The molecule has 130 valence electrons. The maximum absolute atomic E-state index is 12.3. The molecule has 0 spiro atoms. The van der Waals surface area contributed by atoms with Crippen molar-refractivity contribution in [2.24, 2.45) is 11.7 Å². The van der Waals surface area contributed by atoms with Crippen LogP contribution in [0.5, 0.6) is 11.5 Å². The van der Waals surface area contributed by atoms with Crippen molar-refractivity contribution in [2.75, 3.05) is 13.7 Å². The van der Waals surface area contributed by atoms with Crippen molar-refractivity contribution >= 4 is 18.3 Å². The lowest BCUT2D eigenvalue weighted by Gasteiger charge is -2.32. The topological polar surface area (TPSA) is 73.6 Å². The van der Waals surface area contributed by atoms with E-state index in [0.717, 1.165) is 25.0 Å². The zero-order valence-electron chi connectivity index (χ0n) is 13.8. The molecule has 0 radical (unpaired) electrons. The Morgan fingerprint density at radius 2 is 1.87 bits per heavy atom. The number of halogens is 1. The number of hydrogen-bond donors (Lipinski definition) is 2. The van der Waals surface area contributed by atoms with Crippen LogP contribution in [0.1, 0.15) is 32.6 Å². The smallest absolute Gasteiger partial charge is 0.261 e. The summed E-state index contributed by atoms with van der Waals surface area (Å²) < 4.78 is 10.8. The lowest BCUT2D eigenvalue weighted by molar-refractivity contribution is -0.128. The number of methoxy groups -OCH3 is 1. The maximum atomic E-state index is 12.3.